The molecule has 2 aromatic rings. The van der Waals surface area contributed by atoms with Crippen LogP contribution in [0, 0.1) is 13.8 Å². The Balaban J connectivity index is 1.38. The second-order valence-electron chi connectivity index (χ2n) is 8.37. The zero-order chi connectivity index (χ0) is 20.5. The molecule has 6 nitrogen and oxygen atoms in total. The van der Waals surface area contributed by atoms with Crippen LogP contribution < -0.4 is 5.32 Å². The third-order valence-corrected chi connectivity index (χ3v) is 6.33. The highest BCUT2D eigenvalue weighted by molar-refractivity contribution is 5.86. The van der Waals surface area contributed by atoms with Crippen molar-refractivity contribution in [1.29, 1.82) is 0 Å². The van der Waals surface area contributed by atoms with Gasteiger partial charge in [0.15, 0.2) is 0 Å². The minimum atomic E-state index is -0.137. The third-order valence-electron chi connectivity index (χ3n) is 6.33. The molecule has 2 aliphatic rings. The standard InChI is InChI=1S/C23H30N4O2/c1-15-19-6-4-5-7-21(19)24-16(2)20(15)14-22(28)27-12-10-26(11-13-27)17(3)23(29)25-18-8-9-18/h4-7,17-18H,8-14H2,1-3H3,(H,25,29). The Hall–Kier alpha value is -2.47. The van der Waals surface area contributed by atoms with Gasteiger partial charge in [-0.2, -0.15) is 0 Å². The highest BCUT2D eigenvalue weighted by Gasteiger charge is 2.31. The number of nitrogens with one attached hydrogen (secondary N) is 1. The van der Waals surface area contributed by atoms with Crippen molar-refractivity contribution in [3.63, 3.8) is 0 Å². The number of rotatable bonds is 5. The van der Waals surface area contributed by atoms with Crippen LogP contribution in [-0.4, -0.2) is 64.9 Å². The molecule has 2 heterocycles. The van der Waals surface area contributed by atoms with E-state index in [-0.39, 0.29) is 17.9 Å². The highest BCUT2D eigenvalue weighted by Crippen LogP contribution is 2.24. The van der Waals surface area contributed by atoms with Gasteiger partial charge in [-0.15, -0.1) is 0 Å². The molecule has 1 aromatic heterocycles. The van der Waals surface area contributed by atoms with E-state index >= 15 is 0 Å². The zero-order valence-corrected chi connectivity index (χ0v) is 17.6. The number of aryl methyl sites for hydroxylation is 2. The topological polar surface area (TPSA) is 65.5 Å². The molecule has 154 valence electrons. The van der Waals surface area contributed by atoms with Gasteiger partial charge in [0.25, 0.3) is 0 Å². The van der Waals surface area contributed by atoms with E-state index in [2.05, 4.69) is 23.2 Å². The van der Waals surface area contributed by atoms with Crippen molar-refractivity contribution in [1.82, 2.24) is 20.1 Å². The summed E-state index contributed by atoms with van der Waals surface area (Å²) >= 11 is 0. The van der Waals surface area contributed by atoms with Crippen molar-refractivity contribution < 1.29 is 9.59 Å². The lowest BCUT2D eigenvalue weighted by molar-refractivity contribution is -0.133. The predicted octanol–water partition coefficient (Wildman–Crippen LogP) is 2.21. The van der Waals surface area contributed by atoms with Crippen LogP contribution in [0.2, 0.25) is 0 Å². The van der Waals surface area contributed by atoms with E-state index in [9.17, 15) is 9.59 Å². The fourth-order valence-corrected chi connectivity index (χ4v) is 4.17. The van der Waals surface area contributed by atoms with E-state index in [0.29, 0.717) is 25.6 Å². The van der Waals surface area contributed by atoms with Crippen LogP contribution in [0.4, 0.5) is 0 Å². The van der Waals surface area contributed by atoms with Crippen LogP contribution in [-0.2, 0) is 16.0 Å². The summed E-state index contributed by atoms with van der Waals surface area (Å²) in [5, 5.41) is 4.19. The van der Waals surface area contributed by atoms with Crippen molar-refractivity contribution in [2.24, 2.45) is 0 Å². The summed E-state index contributed by atoms with van der Waals surface area (Å²) in [5.41, 5.74) is 4.09. The molecule has 4 rings (SSSR count). The van der Waals surface area contributed by atoms with E-state index < -0.39 is 0 Å². The molecule has 0 bridgehead atoms. The molecule has 1 saturated heterocycles. The molecule has 1 aromatic carbocycles. The first-order valence-corrected chi connectivity index (χ1v) is 10.6. The highest BCUT2D eigenvalue weighted by atomic mass is 16.2. The van der Waals surface area contributed by atoms with Gasteiger partial charge in [0, 0.05) is 43.3 Å². The van der Waals surface area contributed by atoms with E-state index in [0.717, 1.165) is 53.7 Å². The molecule has 1 aliphatic heterocycles. The number of amides is 2. The molecule has 2 fully saturated rings. The second kappa shape index (κ2) is 8.11. The van der Waals surface area contributed by atoms with E-state index in [4.69, 9.17) is 4.98 Å². The molecule has 1 aliphatic carbocycles. The Morgan fingerprint density at radius 1 is 1.14 bits per heavy atom. The first kappa shape index (κ1) is 19.8. The summed E-state index contributed by atoms with van der Waals surface area (Å²) in [6.45, 7) is 8.83. The Morgan fingerprint density at radius 2 is 1.83 bits per heavy atom. The van der Waals surface area contributed by atoms with Gasteiger partial charge in [-0.3, -0.25) is 19.5 Å². The Kier molecular flexibility index (Phi) is 5.54. The van der Waals surface area contributed by atoms with E-state index in [1.807, 2.05) is 36.9 Å². The summed E-state index contributed by atoms with van der Waals surface area (Å²) in [5.74, 6) is 0.254. The maximum atomic E-state index is 13.0. The van der Waals surface area contributed by atoms with Gasteiger partial charge in [0.05, 0.1) is 18.0 Å². The van der Waals surface area contributed by atoms with Gasteiger partial charge < -0.3 is 10.2 Å². The zero-order valence-electron chi connectivity index (χ0n) is 17.6. The van der Waals surface area contributed by atoms with Crippen LogP contribution >= 0.6 is 0 Å². The first-order chi connectivity index (χ1) is 13.9. The molecule has 1 atom stereocenters. The SMILES string of the molecule is Cc1nc2ccccc2c(C)c1CC(=O)N1CCN(C(C)C(=O)NC2CC2)CC1. The average Bonchev–Trinajstić information content (AvgIpc) is 3.54. The monoisotopic (exact) mass is 394 g/mol. The number of pyridine rings is 1. The maximum absolute atomic E-state index is 13.0. The Bertz CT molecular complexity index is 930. The molecule has 6 heteroatoms. The number of carbonyl (C=O) groups excluding carboxylic acids is 2. The molecule has 1 saturated carbocycles. The number of para-hydroxylation sites is 1. The van der Waals surface area contributed by atoms with E-state index in [1.165, 1.54) is 0 Å². The molecule has 29 heavy (non-hydrogen) atoms. The summed E-state index contributed by atoms with van der Waals surface area (Å²) in [7, 11) is 0. The van der Waals surface area contributed by atoms with Crippen LogP contribution in [0.5, 0.6) is 0 Å². The van der Waals surface area contributed by atoms with Crippen molar-refractivity contribution in [3.05, 3.63) is 41.1 Å². The molecule has 0 radical (unpaired) electrons. The lowest BCUT2D eigenvalue weighted by atomic mass is 9.99. The van der Waals surface area contributed by atoms with E-state index in [1.54, 1.807) is 0 Å². The van der Waals surface area contributed by atoms with Crippen LogP contribution in [0.25, 0.3) is 10.9 Å². The molecular weight excluding hydrogens is 364 g/mol. The van der Waals surface area contributed by atoms with Gasteiger partial charge >= 0.3 is 0 Å². The lowest BCUT2D eigenvalue weighted by Crippen LogP contribution is -2.55. The van der Waals surface area contributed by atoms with Gasteiger partial charge in [0.2, 0.25) is 11.8 Å². The molecule has 0 spiro atoms. The number of aromatic nitrogens is 1. The van der Waals surface area contributed by atoms with Crippen LogP contribution in [0.15, 0.2) is 24.3 Å². The smallest absolute Gasteiger partial charge is 0.237 e. The number of hydrogen-bond donors (Lipinski definition) is 1. The lowest BCUT2D eigenvalue weighted by Gasteiger charge is -2.37. The van der Waals surface area contributed by atoms with Gasteiger partial charge in [-0.05, 0) is 50.8 Å². The number of carbonyl (C=O) groups is 2. The summed E-state index contributed by atoms with van der Waals surface area (Å²) in [6.07, 6.45) is 2.58. The summed E-state index contributed by atoms with van der Waals surface area (Å²) in [4.78, 5) is 34.1. The molecule has 1 N–H and O–H groups in total. The molecular formula is C23H30N4O2. The average molecular weight is 395 g/mol. The van der Waals surface area contributed by atoms with Gasteiger partial charge in [-0.1, -0.05) is 18.2 Å². The number of fused-ring (bicyclic) bond motifs is 1. The fourth-order valence-electron chi connectivity index (χ4n) is 4.17. The number of nitrogens with zero attached hydrogens (tertiary/aromatic N) is 3. The van der Waals surface area contributed by atoms with Crippen LogP contribution in [0.3, 0.4) is 0 Å². The Labute approximate surface area is 172 Å². The van der Waals surface area contributed by atoms with Crippen molar-refractivity contribution >= 4 is 22.7 Å². The predicted molar refractivity (Wildman–Crippen MR) is 114 cm³/mol. The van der Waals surface area contributed by atoms with Gasteiger partial charge in [-0.25, -0.2) is 0 Å². The largest absolute Gasteiger partial charge is 0.352 e. The summed E-state index contributed by atoms with van der Waals surface area (Å²) in [6, 6.07) is 8.33. The number of piperazine rings is 1. The van der Waals surface area contributed by atoms with Crippen molar-refractivity contribution in [2.75, 3.05) is 26.2 Å². The van der Waals surface area contributed by atoms with Crippen molar-refractivity contribution in [3.8, 4) is 0 Å². The van der Waals surface area contributed by atoms with Crippen LogP contribution in [0.1, 0.15) is 36.6 Å². The minimum absolute atomic E-state index is 0.112. The fraction of sp³-hybridized carbons (Fsp3) is 0.522. The quantitative estimate of drug-likeness (QED) is 0.844. The Morgan fingerprint density at radius 3 is 2.52 bits per heavy atom. The van der Waals surface area contributed by atoms with Gasteiger partial charge in [0.1, 0.15) is 0 Å². The minimum Gasteiger partial charge on any atom is -0.352 e. The normalized spacial score (nSPS) is 18.7. The second-order valence-corrected chi connectivity index (χ2v) is 8.37. The molecule has 2 amide bonds. The summed E-state index contributed by atoms with van der Waals surface area (Å²) < 4.78 is 0. The number of benzene rings is 1. The maximum Gasteiger partial charge on any atom is 0.237 e. The molecule has 1 unspecified atom stereocenters. The van der Waals surface area contributed by atoms with Crippen molar-refractivity contribution in [2.45, 2.75) is 52.1 Å². The third kappa shape index (κ3) is 4.27. The number of hydrogen-bond acceptors (Lipinski definition) is 4. The first-order valence-electron chi connectivity index (χ1n) is 10.6.